The Balaban J connectivity index is 2.24. The molecule has 0 saturated carbocycles. The highest BCUT2D eigenvalue weighted by molar-refractivity contribution is 6.33. The summed E-state index contributed by atoms with van der Waals surface area (Å²) < 4.78 is 40.0. The molecule has 0 radical (unpaired) electrons. The van der Waals surface area contributed by atoms with Gasteiger partial charge in [0, 0.05) is 18.2 Å². The second kappa shape index (κ2) is 5.85. The Kier molecular flexibility index (Phi) is 4.16. The number of nitriles is 1. The van der Waals surface area contributed by atoms with Gasteiger partial charge in [-0.1, -0.05) is 11.6 Å². The van der Waals surface area contributed by atoms with Gasteiger partial charge in [0.05, 0.1) is 22.3 Å². The van der Waals surface area contributed by atoms with Crippen molar-refractivity contribution in [2.75, 3.05) is 5.32 Å². The fourth-order valence-corrected chi connectivity index (χ4v) is 1.94. The fraction of sp³-hybridized carbons (Fsp3) is 0.0714. The second-order valence-corrected chi connectivity index (χ2v) is 4.42. The van der Waals surface area contributed by atoms with Crippen molar-refractivity contribution in [1.82, 2.24) is 0 Å². The number of nitrogens with zero attached hydrogens (tertiary/aromatic N) is 1. The van der Waals surface area contributed by atoms with Crippen molar-refractivity contribution < 1.29 is 13.2 Å². The molecule has 0 heterocycles. The van der Waals surface area contributed by atoms with Gasteiger partial charge in [-0.3, -0.25) is 0 Å². The molecule has 2 rings (SSSR count). The van der Waals surface area contributed by atoms with Crippen molar-refractivity contribution in [2.45, 2.75) is 6.54 Å². The molecule has 0 spiro atoms. The van der Waals surface area contributed by atoms with Crippen LogP contribution in [-0.4, -0.2) is 0 Å². The normalized spacial score (nSPS) is 10.2. The van der Waals surface area contributed by atoms with Crippen molar-refractivity contribution in [2.24, 2.45) is 0 Å². The molecule has 0 saturated heterocycles. The first kappa shape index (κ1) is 14.2. The molecule has 2 aromatic rings. The summed E-state index contributed by atoms with van der Waals surface area (Å²) in [5.41, 5.74) is 0.354. The summed E-state index contributed by atoms with van der Waals surface area (Å²) >= 11 is 5.71. The molecule has 0 atom stereocenters. The lowest BCUT2D eigenvalue weighted by Crippen LogP contribution is -2.05. The van der Waals surface area contributed by atoms with Crippen LogP contribution in [0, 0.1) is 28.8 Å². The Labute approximate surface area is 118 Å². The van der Waals surface area contributed by atoms with Crippen LogP contribution in [0.3, 0.4) is 0 Å². The summed E-state index contributed by atoms with van der Waals surface area (Å²) in [6.07, 6.45) is 0. The van der Waals surface area contributed by atoms with Crippen LogP contribution >= 0.6 is 11.6 Å². The molecule has 20 heavy (non-hydrogen) atoms. The molecule has 2 nitrogen and oxygen atoms in total. The van der Waals surface area contributed by atoms with E-state index in [1.807, 2.05) is 6.07 Å². The van der Waals surface area contributed by atoms with Crippen LogP contribution < -0.4 is 5.32 Å². The predicted octanol–water partition coefficient (Wildman–Crippen LogP) is 4.24. The summed E-state index contributed by atoms with van der Waals surface area (Å²) in [6.45, 7) is -0.0797. The van der Waals surface area contributed by atoms with E-state index in [1.165, 1.54) is 12.1 Å². The van der Waals surface area contributed by atoms with Gasteiger partial charge >= 0.3 is 0 Å². The zero-order valence-electron chi connectivity index (χ0n) is 10.1. The molecule has 0 bridgehead atoms. The predicted molar refractivity (Wildman–Crippen MR) is 69.8 cm³/mol. The zero-order chi connectivity index (χ0) is 14.7. The first-order valence-electron chi connectivity index (χ1n) is 5.58. The minimum Gasteiger partial charge on any atom is -0.377 e. The Morgan fingerprint density at radius 2 is 1.85 bits per heavy atom. The average molecular weight is 297 g/mol. The van der Waals surface area contributed by atoms with Crippen molar-refractivity contribution in [3.05, 3.63) is 63.9 Å². The molecular formula is C14H8ClF3N2. The highest BCUT2D eigenvalue weighted by Crippen LogP contribution is 2.27. The zero-order valence-corrected chi connectivity index (χ0v) is 10.8. The van der Waals surface area contributed by atoms with E-state index in [0.717, 1.165) is 12.1 Å². The summed E-state index contributed by atoms with van der Waals surface area (Å²) in [7, 11) is 0. The van der Waals surface area contributed by atoms with Crippen molar-refractivity contribution in [3.8, 4) is 6.07 Å². The van der Waals surface area contributed by atoms with Crippen molar-refractivity contribution in [3.63, 3.8) is 0 Å². The van der Waals surface area contributed by atoms with Gasteiger partial charge in [-0.2, -0.15) is 5.26 Å². The third kappa shape index (κ3) is 3.03. The molecule has 0 fully saturated rings. The lowest BCUT2D eigenvalue weighted by atomic mass is 10.1. The maximum atomic E-state index is 13.5. The summed E-state index contributed by atoms with van der Waals surface area (Å²) in [6, 6.07) is 7.34. The maximum absolute atomic E-state index is 13.5. The minimum absolute atomic E-state index is 0.0797. The third-order valence-corrected chi connectivity index (χ3v) is 2.94. The quantitative estimate of drug-likeness (QED) is 0.919. The smallest absolute Gasteiger partial charge is 0.150 e. The molecule has 1 N–H and O–H groups in total. The average Bonchev–Trinajstić information content (AvgIpc) is 2.39. The highest BCUT2D eigenvalue weighted by atomic mass is 35.5. The Morgan fingerprint density at radius 3 is 2.50 bits per heavy atom. The highest BCUT2D eigenvalue weighted by Gasteiger charge is 2.11. The SMILES string of the molecule is N#Cc1ccc(F)c(CNc2c(F)cc(F)cc2Cl)c1. The van der Waals surface area contributed by atoms with Crippen molar-refractivity contribution >= 4 is 17.3 Å². The monoisotopic (exact) mass is 296 g/mol. The Morgan fingerprint density at radius 1 is 1.10 bits per heavy atom. The van der Waals surface area contributed by atoms with Crippen LogP contribution in [0.2, 0.25) is 5.02 Å². The van der Waals surface area contributed by atoms with E-state index < -0.39 is 17.5 Å². The molecule has 0 amide bonds. The number of hydrogen-bond acceptors (Lipinski definition) is 2. The van der Waals surface area contributed by atoms with Gasteiger partial charge in [0.25, 0.3) is 0 Å². The molecule has 0 aromatic heterocycles. The van der Waals surface area contributed by atoms with Crippen LogP contribution in [-0.2, 0) is 6.54 Å². The first-order chi connectivity index (χ1) is 9.51. The molecule has 0 aliphatic rings. The lowest BCUT2D eigenvalue weighted by molar-refractivity contribution is 0.584. The largest absolute Gasteiger partial charge is 0.377 e. The Bertz CT molecular complexity index is 672. The lowest BCUT2D eigenvalue weighted by Gasteiger charge is -2.10. The molecule has 6 heteroatoms. The standard InChI is InChI=1S/C14H8ClF3N2/c15-11-4-10(16)5-13(18)14(11)20-7-9-3-8(6-19)1-2-12(9)17/h1-5,20H,7H2. The van der Waals surface area contributed by atoms with E-state index >= 15 is 0 Å². The Hall–Kier alpha value is -2.19. The van der Waals surface area contributed by atoms with E-state index in [2.05, 4.69) is 5.32 Å². The summed E-state index contributed by atoms with van der Waals surface area (Å²) in [5.74, 6) is -2.20. The van der Waals surface area contributed by atoms with Gasteiger partial charge in [-0.05, 0) is 24.3 Å². The summed E-state index contributed by atoms with van der Waals surface area (Å²) in [4.78, 5) is 0. The van der Waals surface area contributed by atoms with Gasteiger partial charge in [-0.15, -0.1) is 0 Å². The van der Waals surface area contributed by atoms with E-state index in [4.69, 9.17) is 16.9 Å². The first-order valence-corrected chi connectivity index (χ1v) is 5.96. The summed E-state index contributed by atoms with van der Waals surface area (Å²) in [5, 5.41) is 11.2. The van der Waals surface area contributed by atoms with Crippen LogP contribution in [0.5, 0.6) is 0 Å². The molecule has 102 valence electrons. The van der Waals surface area contributed by atoms with E-state index in [-0.39, 0.29) is 28.4 Å². The van der Waals surface area contributed by atoms with Gasteiger partial charge < -0.3 is 5.32 Å². The number of halogens is 4. The van der Waals surface area contributed by atoms with E-state index in [9.17, 15) is 13.2 Å². The molecule has 2 aromatic carbocycles. The van der Waals surface area contributed by atoms with Crippen LogP contribution in [0.1, 0.15) is 11.1 Å². The van der Waals surface area contributed by atoms with Gasteiger partial charge in [0.15, 0.2) is 5.82 Å². The van der Waals surface area contributed by atoms with Crippen LogP contribution in [0.4, 0.5) is 18.9 Å². The van der Waals surface area contributed by atoms with Gasteiger partial charge in [0.2, 0.25) is 0 Å². The number of rotatable bonds is 3. The fourth-order valence-electron chi connectivity index (χ4n) is 1.67. The van der Waals surface area contributed by atoms with E-state index in [1.54, 1.807) is 0 Å². The maximum Gasteiger partial charge on any atom is 0.150 e. The van der Waals surface area contributed by atoms with Gasteiger partial charge in [-0.25, -0.2) is 13.2 Å². The number of benzene rings is 2. The topological polar surface area (TPSA) is 35.8 Å². The number of hydrogen-bond donors (Lipinski definition) is 1. The van der Waals surface area contributed by atoms with Crippen LogP contribution in [0.25, 0.3) is 0 Å². The second-order valence-electron chi connectivity index (χ2n) is 4.02. The molecule has 0 aliphatic heterocycles. The van der Waals surface area contributed by atoms with Gasteiger partial charge in [0.1, 0.15) is 11.6 Å². The molecule has 0 aliphatic carbocycles. The minimum atomic E-state index is -0.869. The van der Waals surface area contributed by atoms with Crippen molar-refractivity contribution in [1.29, 1.82) is 5.26 Å². The molecular weight excluding hydrogens is 289 g/mol. The molecule has 0 unspecified atom stereocenters. The third-order valence-electron chi connectivity index (χ3n) is 2.64. The van der Waals surface area contributed by atoms with Crippen LogP contribution in [0.15, 0.2) is 30.3 Å². The number of anilines is 1. The van der Waals surface area contributed by atoms with E-state index in [0.29, 0.717) is 6.07 Å². The number of nitrogens with one attached hydrogen (secondary N) is 1.